The molecule has 0 aliphatic rings. The fraction of sp³-hybridized carbons (Fsp3) is 0.857. The zero-order chi connectivity index (χ0) is 14.7. The van der Waals surface area contributed by atoms with E-state index in [-0.39, 0.29) is 23.2 Å². The SMILES string of the molecule is CC(C)(C)C(CC(=O)O)CC(C(=O)O)C(C)(C)C. The second-order valence-corrected chi connectivity index (χ2v) is 7.15. The molecule has 4 nitrogen and oxygen atoms in total. The molecule has 0 aromatic carbocycles. The maximum atomic E-state index is 11.3. The van der Waals surface area contributed by atoms with Crippen LogP contribution in [0.5, 0.6) is 0 Å². The molecular formula is C14H26O4. The fourth-order valence-electron chi connectivity index (χ4n) is 2.06. The average Bonchev–Trinajstić information content (AvgIpc) is 2.06. The molecule has 0 bridgehead atoms. The number of carboxylic acid groups (broad SMARTS) is 2. The Balaban J connectivity index is 5.05. The van der Waals surface area contributed by atoms with Gasteiger partial charge in [-0.05, 0) is 23.2 Å². The van der Waals surface area contributed by atoms with E-state index in [1.54, 1.807) is 0 Å². The molecule has 0 saturated heterocycles. The van der Waals surface area contributed by atoms with Gasteiger partial charge in [-0.3, -0.25) is 9.59 Å². The lowest BCUT2D eigenvalue weighted by Gasteiger charge is -2.36. The van der Waals surface area contributed by atoms with E-state index >= 15 is 0 Å². The predicted octanol–water partition coefficient (Wildman–Crippen LogP) is 3.26. The normalized spacial score (nSPS) is 16.1. The van der Waals surface area contributed by atoms with Gasteiger partial charge < -0.3 is 10.2 Å². The zero-order valence-electron chi connectivity index (χ0n) is 12.3. The van der Waals surface area contributed by atoms with Crippen molar-refractivity contribution in [3.8, 4) is 0 Å². The van der Waals surface area contributed by atoms with Gasteiger partial charge in [0.05, 0.1) is 5.92 Å². The minimum atomic E-state index is -0.868. The first-order chi connectivity index (χ1) is 7.85. The number of rotatable bonds is 5. The maximum Gasteiger partial charge on any atom is 0.307 e. The fourth-order valence-corrected chi connectivity index (χ4v) is 2.06. The molecule has 4 heteroatoms. The van der Waals surface area contributed by atoms with E-state index in [1.165, 1.54) is 0 Å². The molecule has 0 radical (unpaired) electrons. The van der Waals surface area contributed by atoms with Crippen LogP contribution in [0.3, 0.4) is 0 Å². The minimum Gasteiger partial charge on any atom is -0.481 e. The molecule has 0 spiro atoms. The number of hydrogen-bond donors (Lipinski definition) is 2. The summed E-state index contributed by atoms with van der Waals surface area (Å²) in [6, 6.07) is 0. The molecule has 2 atom stereocenters. The van der Waals surface area contributed by atoms with Gasteiger partial charge in [-0.1, -0.05) is 41.5 Å². The third kappa shape index (κ3) is 5.52. The number of carboxylic acids is 2. The second kappa shape index (κ2) is 5.72. The van der Waals surface area contributed by atoms with Crippen molar-refractivity contribution in [3.05, 3.63) is 0 Å². The van der Waals surface area contributed by atoms with Crippen LogP contribution >= 0.6 is 0 Å². The number of carbonyl (C=O) groups is 2. The van der Waals surface area contributed by atoms with Gasteiger partial charge in [-0.2, -0.15) is 0 Å². The lowest BCUT2D eigenvalue weighted by atomic mass is 9.68. The molecule has 106 valence electrons. The van der Waals surface area contributed by atoms with Crippen LogP contribution in [0, 0.1) is 22.7 Å². The maximum absolute atomic E-state index is 11.3. The Bertz CT molecular complexity index is 307. The quantitative estimate of drug-likeness (QED) is 0.793. The monoisotopic (exact) mass is 258 g/mol. The highest BCUT2D eigenvalue weighted by Crippen LogP contribution is 2.39. The van der Waals surface area contributed by atoms with Crippen LogP contribution in [0.25, 0.3) is 0 Å². The number of hydrogen-bond acceptors (Lipinski definition) is 2. The van der Waals surface area contributed by atoms with Gasteiger partial charge in [0.2, 0.25) is 0 Å². The standard InChI is InChI=1S/C14H26O4/c1-13(2,3)9(8-11(15)16)7-10(12(17)18)14(4,5)6/h9-10H,7-8H2,1-6H3,(H,15,16)(H,17,18). The summed E-state index contributed by atoms with van der Waals surface area (Å²) in [4.78, 5) is 22.3. The molecule has 0 aromatic rings. The first-order valence-electron chi connectivity index (χ1n) is 6.30. The first-order valence-corrected chi connectivity index (χ1v) is 6.30. The summed E-state index contributed by atoms with van der Waals surface area (Å²) in [5.41, 5.74) is -0.578. The molecule has 2 unspecified atom stereocenters. The summed E-state index contributed by atoms with van der Waals surface area (Å²) in [5, 5.41) is 18.3. The van der Waals surface area contributed by atoms with Crippen LogP contribution in [0.4, 0.5) is 0 Å². The summed E-state index contributed by atoms with van der Waals surface area (Å²) in [7, 11) is 0. The van der Waals surface area contributed by atoms with Crippen molar-refractivity contribution in [1.82, 2.24) is 0 Å². The summed E-state index contributed by atoms with van der Waals surface area (Å²) < 4.78 is 0. The van der Waals surface area contributed by atoms with Crippen LogP contribution in [0.1, 0.15) is 54.4 Å². The summed E-state index contributed by atoms with van der Waals surface area (Å²) >= 11 is 0. The van der Waals surface area contributed by atoms with Crippen LogP contribution in [-0.4, -0.2) is 22.2 Å². The first kappa shape index (κ1) is 16.9. The van der Waals surface area contributed by atoms with Crippen LogP contribution < -0.4 is 0 Å². The molecule has 0 heterocycles. The Morgan fingerprint density at radius 3 is 1.61 bits per heavy atom. The van der Waals surface area contributed by atoms with Crippen LogP contribution in [0.15, 0.2) is 0 Å². The van der Waals surface area contributed by atoms with E-state index in [4.69, 9.17) is 5.11 Å². The molecule has 0 aromatic heterocycles. The molecule has 0 saturated carbocycles. The van der Waals surface area contributed by atoms with Crippen molar-refractivity contribution < 1.29 is 19.8 Å². The average molecular weight is 258 g/mol. The van der Waals surface area contributed by atoms with E-state index in [0.717, 1.165) is 0 Å². The lowest BCUT2D eigenvalue weighted by molar-refractivity contribution is -0.148. The Hall–Kier alpha value is -1.06. The molecule has 0 amide bonds. The van der Waals surface area contributed by atoms with Gasteiger partial charge in [0.25, 0.3) is 0 Å². The van der Waals surface area contributed by atoms with Crippen molar-refractivity contribution >= 4 is 11.9 Å². The van der Waals surface area contributed by atoms with Crippen molar-refractivity contribution in [2.24, 2.45) is 22.7 Å². The Morgan fingerprint density at radius 2 is 1.39 bits per heavy atom. The molecule has 0 rings (SSSR count). The smallest absolute Gasteiger partial charge is 0.307 e. The van der Waals surface area contributed by atoms with Crippen LogP contribution in [0.2, 0.25) is 0 Å². The van der Waals surface area contributed by atoms with Crippen molar-refractivity contribution in [1.29, 1.82) is 0 Å². The highest BCUT2D eigenvalue weighted by molar-refractivity contribution is 5.71. The van der Waals surface area contributed by atoms with Gasteiger partial charge in [0, 0.05) is 6.42 Å². The molecule has 0 aliphatic carbocycles. The molecule has 2 N–H and O–H groups in total. The van der Waals surface area contributed by atoms with E-state index < -0.39 is 17.9 Å². The van der Waals surface area contributed by atoms with Gasteiger partial charge >= 0.3 is 11.9 Å². The van der Waals surface area contributed by atoms with E-state index in [9.17, 15) is 14.7 Å². The van der Waals surface area contributed by atoms with Crippen molar-refractivity contribution in [2.75, 3.05) is 0 Å². The van der Waals surface area contributed by atoms with Crippen LogP contribution in [-0.2, 0) is 9.59 Å². The topological polar surface area (TPSA) is 74.6 Å². The third-order valence-electron chi connectivity index (χ3n) is 3.51. The Morgan fingerprint density at radius 1 is 0.944 bits per heavy atom. The molecule has 18 heavy (non-hydrogen) atoms. The predicted molar refractivity (Wildman–Crippen MR) is 70.4 cm³/mol. The largest absolute Gasteiger partial charge is 0.481 e. The lowest BCUT2D eigenvalue weighted by Crippen LogP contribution is -2.34. The van der Waals surface area contributed by atoms with E-state index in [2.05, 4.69) is 0 Å². The van der Waals surface area contributed by atoms with Crippen molar-refractivity contribution in [3.63, 3.8) is 0 Å². The van der Waals surface area contributed by atoms with E-state index in [1.807, 2.05) is 41.5 Å². The van der Waals surface area contributed by atoms with Crippen molar-refractivity contribution in [2.45, 2.75) is 54.4 Å². The molecular weight excluding hydrogens is 232 g/mol. The van der Waals surface area contributed by atoms with E-state index in [0.29, 0.717) is 6.42 Å². The van der Waals surface area contributed by atoms with Gasteiger partial charge in [0.15, 0.2) is 0 Å². The number of aliphatic carboxylic acids is 2. The highest BCUT2D eigenvalue weighted by atomic mass is 16.4. The zero-order valence-corrected chi connectivity index (χ0v) is 12.3. The Kier molecular flexibility index (Phi) is 5.38. The Labute approximate surface area is 109 Å². The second-order valence-electron chi connectivity index (χ2n) is 7.15. The van der Waals surface area contributed by atoms with Gasteiger partial charge in [0.1, 0.15) is 0 Å². The molecule has 0 fully saturated rings. The highest BCUT2D eigenvalue weighted by Gasteiger charge is 2.37. The van der Waals surface area contributed by atoms with Gasteiger partial charge in [-0.25, -0.2) is 0 Å². The third-order valence-corrected chi connectivity index (χ3v) is 3.51. The summed E-state index contributed by atoms with van der Waals surface area (Å²) in [6.07, 6.45) is 0.415. The van der Waals surface area contributed by atoms with Gasteiger partial charge in [-0.15, -0.1) is 0 Å². The minimum absolute atomic E-state index is 0.0172. The summed E-state index contributed by atoms with van der Waals surface area (Å²) in [6.45, 7) is 11.5. The molecule has 0 aliphatic heterocycles. The summed E-state index contributed by atoms with van der Waals surface area (Å²) in [5.74, 6) is -2.38.